The fraction of sp³-hybridized carbons (Fsp3) is 0.375. The molecule has 2 aromatic carbocycles. The van der Waals surface area contributed by atoms with Crippen molar-refractivity contribution in [2.24, 2.45) is 5.41 Å². The number of Topliss-reactive ketones (excluding diaryl/α,β-unsaturated/α-hetero) is 2. The maximum absolute atomic E-state index is 15.1. The van der Waals surface area contributed by atoms with Crippen LogP contribution in [0.25, 0.3) is 5.76 Å². The molecule has 0 bridgehead atoms. The van der Waals surface area contributed by atoms with E-state index in [0.29, 0.717) is 17.1 Å². The van der Waals surface area contributed by atoms with Gasteiger partial charge in [0.25, 0.3) is 11.7 Å². The van der Waals surface area contributed by atoms with Crippen LogP contribution in [0.5, 0.6) is 0 Å². The van der Waals surface area contributed by atoms with E-state index in [1.165, 1.54) is 0 Å². The Morgan fingerprint density at radius 1 is 0.900 bits per heavy atom. The third kappa shape index (κ3) is 3.78. The Kier molecular flexibility index (Phi) is 6.26. The van der Waals surface area contributed by atoms with Crippen LogP contribution in [0.4, 0.5) is 5.69 Å². The number of benzene rings is 2. The zero-order chi connectivity index (χ0) is 28.4. The number of ketones is 2. The van der Waals surface area contributed by atoms with Crippen LogP contribution in [-0.4, -0.2) is 45.0 Å². The third-order valence-electron chi connectivity index (χ3n) is 8.66. The molecule has 2 aromatic rings. The number of halogens is 1. The van der Waals surface area contributed by atoms with Crippen LogP contribution in [0.3, 0.4) is 0 Å². The molecule has 1 unspecified atom stereocenters. The molecule has 8 heteroatoms. The molecular formula is C32H31ClN2O5. The molecule has 1 spiro atoms. The van der Waals surface area contributed by atoms with Crippen LogP contribution < -0.4 is 4.90 Å². The predicted molar refractivity (Wildman–Crippen MR) is 151 cm³/mol. The second-order valence-corrected chi connectivity index (χ2v) is 12.4. The number of anilines is 1. The quantitative estimate of drug-likeness (QED) is 0.293. The first kappa shape index (κ1) is 26.5. The van der Waals surface area contributed by atoms with E-state index in [1.54, 1.807) is 59.5 Å². The van der Waals surface area contributed by atoms with Crippen molar-refractivity contribution in [3.63, 3.8) is 0 Å². The van der Waals surface area contributed by atoms with E-state index < -0.39 is 34.3 Å². The first-order valence-corrected chi connectivity index (χ1v) is 14.2. The zero-order valence-corrected chi connectivity index (χ0v) is 23.3. The van der Waals surface area contributed by atoms with E-state index in [-0.39, 0.29) is 40.6 Å². The minimum atomic E-state index is -2.11. The molecule has 2 aliphatic carbocycles. The summed E-state index contributed by atoms with van der Waals surface area (Å²) < 4.78 is 0. The lowest BCUT2D eigenvalue weighted by atomic mass is 9.70. The summed E-state index contributed by atoms with van der Waals surface area (Å²) in [4.78, 5) is 59.9. The summed E-state index contributed by atoms with van der Waals surface area (Å²) in [5, 5.41) is 12.1. The van der Waals surface area contributed by atoms with Gasteiger partial charge in [0.05, 0.1) is 11.1 Å². The summed E-state index contributed by atoms with van der Waals surface area (Å²) in [5.41, 5.74) is -1.65. The van der Waals surface area contributed by atoms with Gasteiger partial charge in [-0.2, -0.15) is 0 Å². The summed E-state index contributed by atoms with van der Waals surface area (Å²) >= 11 is 6.15. The molecule has 0 radical (unpaired) electrons. The molecule has 1 N–H and O–H groups in total. The highest BCUT2D eigenvalue weighted by Crippen LogP contribution is 2.56. The smallest absolute Gasteiger partial charge is 0.300 e. The average Bonchev–Trinajstić information content (AvgIpc) is 3.31. The van der Waals surface area contributed by atoms with Crippen molar-refractivity contribution in [1.82, 2.24) is 4.90 Å². The van der Waals surface area contributed by atoms with Crippen LogP contribution in [0, 0.1) is 5.41 Å². The second kappa shape index (κ2) is 9.44. The summed E-state index contributed by atoms with van der Waals surface area (Å²) in [6, 6.07) is 14.5. The topological polar surface area (TPSA) is 95.0 Å². The van der Waals surface area contributed by atoms with Crippen molar-refractivity contribution < 1.29 is 24.3 Å². The van der Waals surface area contributed by atoms with E-state index in [0.717, 1.165) is 37.0 Å². The van der Waals surface area contributed by atoms with Crippen LogP contribution in [0.1, 0.15) is 64.4 Å². The molecule has 1 saturated carbocycles. The molecule has 1 saturated heterocycles. The van der Waals surface area contributed by atoms with Crippen molar-refractivity contribution in [3.8, 4) is 0 Å². The molecular weight excluding hydrogens is 528 g/mol. The highest BCUT2D eigenvalue weighted by atomic mass is 35.5. The van der Waals surface area contributed by atoms with Crippen molar-refractivity contribution in [2.45, 2.75) is 70.4 Å². The van der Waals surface area contributed by atoms with Gasteiger partial charge in [-0.25, -0.2) is 0 Å². The van der Waals surface area contributed by atoms with E-state index in [9.17, 15) is 19.5 Å². The van der Waals surface area contributed by atoms with Crippen molar-refractivity contribution in [2.75, 3.05) is 4.90 Å². The summed E-state index contributed by atoms with van der Waals surface area (Å²) in [7, 11) is 0. The molecule has 2 amide bonds. The van der Waals surface area contributed by atoms with Gasteiger partial charge in [0.2, 0.25) is 0 Å². The lowest BCUT2D eigenvalue weighted by molar-refractivity contribution is -0.134. The highest BCUT2D eigenvalue weighted by molar-refractivity contribution is 6.56. The lowest BCUT2D eigenvalue weighted by Gasteiger charge is -2.38. The monoisotopic (exact) mass is 558 g/mol. The number of carbonyl (C=O) groups is 4. The number of hydrogen-bond acceptors (Lipinski definition) is 5. The van der Waals surface area contributed by atoms with Gasteiger partial charge in [0, 0.05) is 34.4 Å². The molecule has 4 aliphatic rings. The van der Waals surface area contributed by atoms with Crippen LogP contribution in [0.15, 0.2) is 71.4 Å². The Morgan fingerprint density at radius 2 is 1.55 bits per heavy atom. The summed E-state index contributed by atoms with van der Waals surface area (Å²) in [6.45, 7) is 3.98. The number of allylic oxidation sites excluding steroid dienone is 1. The van der Waals surface area contributed by atoms with Crippen LogP contribution in [-0.2, 0) is 19.2 Å². The van der Waals surface area contributed by atoms with Gasteiger partial charge in [-0.05, 0) is 48.9 Å². The predicted octanol–water partition coefficient (Wildman–Crippen LogP) is 5.78. The van der Waals surface area contributed by atoms with Crippen molar-refractivity contribution in [1.29, 1.82) is 0 Å². The summed E-state index contributed by atoms with van der Waals surface area (Å²) in [6.07, 6.45) is 5.06. The first-order valence-electron chi connectivity index (χ1n) is 13.8. The van der Waals surface area contributed by atoms with Gasteiger partial charge >= 0.3 is 5.91 Å². The first-order chi connectivity index (χ1) is 19.1. The Balaban J connectivity index is 1.71. The normalized spacial score (nSPS) is 26.3. The number of amides is 2. The lowest BCUT2D eigenvalue weighted by Crippen LogP contribution is -2.57. The minimum absolute atomic E-state index is 0.133. The Labute approximate surface area is 238 Å². The van der Waals surface area contributed by atoms with Gasteiger partial charge in [0.1, 0.15) is 5.76 Å². The maximum Gasteiger partial charge on any atom is 0.300 e. The van der Waals surface area contributed by atoms with Crippen LogP contribution >= 0.6 is 11.6 Å². The molecule has 40 heavy (non-hydrogen) atoms. The van der Waals surface area contributed by atoms with Crippen molar-refractivity contribution in [3.05, 3.63) is 82.0 Å². The Hall–Kier alpha value is -3.71. The molecule has 7 nitrogen and oxygen atoms in total. The average molecular weight is 559 g/mol. The molecule has 6 rings (SSSR count). The number of aliphatic hydroxyl groups excluding tert-OH is 1. The highest BCUT2D eigenvalue weighted by Gasteiger charge is 2.71. The van der Waals surface area contributed by atoms with E-state index in [4.69, 9.17) is 11.6 Å². The Morgan fingerprint density at radius 3 is 2.20 bits per heavy atom. The van der Waals surface area contributed by atoms with Crippen LogP contribution in [0.2, 0.25) is 5.02 Å². The number of hydrogen-bond donors (Lipinski definition) is 1. The molecule has 0 aromatic heterocycles. The molecule has 2 heterocycles. The Bertz CT molecular complexity index is 1500. The van der Waals surface area contributed by atoms with Gasteiger partial charge in [-0.3, -0.25) is 24.1 Å². The van der Waals surface area contributed by atoms with E-state index in [1.807, 2.05) is 13.8 Å². The maximum atomic E-state index is 15.1. The molecule has 2 fully saturated rings. The SMILES string of the molecule is CC1(C)CC(=O)C2=C(C1)N(C1CCCCC1)C(=O)C21/C(=C(\O)c2ccccc2)C(=O)C(=O)N1c1ccc(Cl)cc1. The fourth-order valence-electron chi connectivity index (χ4n) is 7.03. The van der Waals surface area contributed by atoms with E-state index in [2.05, 4.69) is 0 Å². The third-order valence-corrected chi connectivity index (χ3v) is 8.92. The minimum Gasteiger partial charge on any atom is -0.507 e. The van der Waals surface area contributed by atoms with Crippen molar-refractivity contribution >= 4 is 46.4 Å². The van der Waals surface area contributed by atoms with Gasteiger partial charge < -0.3 is 10.0 Å². The standard InChI is InChI=1S/C32H31ClN2O5/c1-31(2)17-23-25(24(36)18-31)32(30(40)34(23)21-11-7-4-8-12-21)26(27(37)19-9-5-3-6-10-19)28(38)29(39)35(32)22-15-13-20(33)14-16-22/h3,5-6,9-10,13-16,21,37H,4,7-8,11-12,17-18H2,1-2H3/b27-26-. The molecule has 2 aliphatic heterocycles. The van der Waals surface area contributed by atoms with Gasteiger partial charge in [0.15, 0.2) is 11.3 Å². The summed E-state index contributed by atoms with van der Waals surface area (Å²) in [5.74, 6) is -3.26. The largest absolute Gasteiger partial charge is 0.507 e. The van der Waals surface area contributed by atoms with E-state index >= 15 is 4.79 Å². The fourth-order valence-corrected chi connectivity index (χ4v) is 7.16. The zero-order valence-electron chi connectivity index (χ0n) is 22.6. The number of nitrogens with zero attached hydrogens (tertiary/aromatic N) is 2. The second-order valence-electron chi connectivity index (χ2n) is 12.0. The molecule has 206 valence electrons. The number of aliphatic hydroxyl groups is 1. The number of fused-ring (bicyclic) bond motifs is 1. The molecule has 1 atom stereocenters. The number of rotatable bonds is 3. The van der Waals surface area contributed by atoms with Gasteiger partial charge in [-0.15, -0.1) is 0 Å². The number of carbonyl (C=O) groups excluding carboxylic acids is 4. The van der Waals surface area contributed by atoms with Gasteiger partial charge in [-0.1, -0.05) is 75.0 Å².